The van der Waals surface area contributed by atoms with Crippen molar-refractivity contribution < 1.29 is 83.8 Å². The number of nitro groups is 2. The predicted molar refractivity (Wildman–Crippen MR) is 243 cm³/mol. The summed E-state index contributed by atoms with van der Waals surface area (Å²) in [6.07, 6.45) is 11.1. The Kier molecular flexibility index (Phi) is 17.4. The van der Waals surface area contributed by atoms with Crippen molar-refractivity contribution in [3.05, 3.63) is 32.9 Å². The average molecular weight is 1200 g/mol. The first kappa shape index (κ1) is 60.6. The van der Waals surface area contributed by atoms with E-state index in [0.29, 0.717) is 0 Å². The van der Waals surface area contributed by atoms with Gasteiger partial charge in [-0.1, -0.05) is 0 Å². The minimum Gasteiger partial charge on any atom is -0.447 e. The van der Waals surface area contributed by atoms with Crippen LogP contribution in [0.3, 0.4) is 0 Å². The van der Waals surface area contributed by atoms with Gasteiger partial charge in [-0.2, -0.15) is 0 Å². The molecule has 7 aliphatic rings. The number of carbonyl (C=O) groups excluding carboxylic acids is 2. The molecule has 0 bridgehead atoms. The summed E-state index contributed by atoms with van der Waals surface area (Å²) in [5.41, 5.74) is 0. The SMILES string of the molecule is CN1CCN(C)[P+]1(N1CCCC1)n1cnc([N+](=O)[O-])n1.F[P-](F)(F)(F)(F)F.F[P-](F)(F)(F)(F)F.O=C1OCCN1P(=O)(Cl)N1CCOC1=O.O=[N+]([O-])c1ncn([P+](N2CCCC2)(N2CCCC2)N2CCCC2)n1. The van der Waals surface area contributed by atoms with E-state index in [0.717, 1.165) is 74.8 Å². The molecule has 0 spiro atoms. The zero-order valence-corrected chi connectivity index (χ0v) is 43.9. The van der Waals surface area contributed by atoms with Crippen molar-refractivity contribution in [3.8, 4) is 0 Å². The Morgan fingerprint density at radius 1 is 0.589 bits per heavy atom. The number of rotatable bonds is 10. The van der Waals surface area contributed by atoms with Crippen LogP contribution in [-0.4, -0.2) is 194 Å². The fourth-order valence-electron chi connectivity index (χ4n) is 8.76. The summed E-state index contributed by atoms with van der Waals surface area (Å²) in [5, 5.41) is 30.5. The first-order valence-electron chi connectivity index (χ1n) is 21.9. The van der Waals surface area contributed by atoms with Crippen LogP contribution < -0.4 is 0 Å². The molecule has 73 heavy (non-hydrogen) atoms. The molecule has 0 unspecified atom stereocenters. The molecule has 0 N–H and O–H groups in total. The van der Waals surface area contributed by atoms with Crippen molar-refractivity contribution in [2.45, 2.75) is 51.4 Å². The molecule has 25 nitrogen and oxygen atoms in total. The van der Waals surface area contributed by atoms with Gasteiger partial charge in [0.05, 0.1) is 36.4 Å². The number of hydrogen-bond donors (Lipinski definition) is 0. The molecule has 2 aromatic rings. The second-order valence-electron chi connectivity index (χ2n) is 16.8. The molecule has 0 aliphatic carbocycles. The first-order chi connectivity index (χ1) is 33.2. The molecule has 7 saturated heterocycles. The van der Waals surface area contributed by atoms with Crippen molar-refractivity contribution in [3.63, 3.8) is 0 Å². The van der Waals surface area contributed by atoms with Crippen molar-refractivity contribution in [1.82, 2.24) is 66.4 Å². The molecule has 0 radical (unpaired) electrons. The minimum atomic E-state index is -10.7. The van der Waals surface area contributed by atoms with Crippen LogP contribution in [0.5, 0.6) is 0 Å². The normalized spacial score (nSPS) is 23.6. The maximum absolute atomic E-state index is 12.1. The fraction of sp³-hybridized carbons (Fsp3) is 0.800. The van der Waals surface area contributed by atoms with Crippen LogP contribution in [0.15, 0.2) is 12.7 Å². The van der Waals surface area contributed by atoms with Gasteiger partial charge in [-0.15, -0.1) is 28.0 Å². The summed E-state index contributed by atoms with van der Waals surface area (Å²) < 4.78 is 160. The average Bonchev–Trinajstić information content (AvgIpc) is 4.10. The monoisotopic (exact) mass is 1200 g/mol. The van der Waals surface area contributed by atoms with Crippen LogP contribution >= 0.6 is 49.4 Å². The standard InChI is InChI=1S/C14H25N7O2P.C10H19N7O2P.C6H8ClN2O5P.2F6P/c22-21(23)14-15-13-20(16-14)24(17-7-1-2-8-17,18-9-3-4-10-18)19-11-5-6-12-19;1-13-7-8-14(2)20(13,15-5-3-4-6-15)16-9-11-10(12-16)17(18)19;7-15(12,8-1-3-13-5(8)10)9-2-4-14-6(9)11;2*1-7(2,3,4,5)6/h13H,1-12H2;9H,3-8H2,1-2H3;1-4H2;;/q2*+1;;2*-1. The maximum Gasteiger partial charge on any atom is 0.494 e. The Labute approximate surface area is 413 Å². The Balaban J connectivity index is 0.000000183. The molecular formula is C30H52ClF12N16O9P5. The number of halogens is 13. The number of likely N-dealkylation sites (N-methyl/N-ethyl adjacent to an activating group) is 2. The van der Waals surface area contributed by atoms with E-state index in [1.165, 1.54) is 57.7 Å². The third-order valence-corrected chi connectivity index (χ3v) is 22.8. The number of carbonyl (C=O) groups is 2. The largest absolute Gasteiger partial charge is 0.494 e. The van der Waals surface area contributed by atoms with Gasteiger partial charge in [-0.05, 0) is 82.4 Å². The molecule has 7 aliphatic heterocycles. The number of cyclic esters (lactones) is 2. The predicted octanol–water partition coefficient (Wildman–Crippen LogP) is 10.7. The molecule has 422 valence electrons. The molecular weight excluding hydrogens is 1150 g/mol. The van der Waals surface area contributed by atoms with Gasteiger partial charge in [0.15, 0.2) is 0 Å². The van der Waals surface area contributed by atoms with Gasteiger partial charge < -0.3 is 29.7 Å². The molecule has 0 atom stereocenters. The second kappa shape index (κ2) is 21.0. The smallest absolute Gasteiger partial charge is 0.447 e. The molecule has 2 aromatic heterocycles. The zero-order chi connectivity index (χ0) is 54.8. The van der Waals surface area contributed by atoms with Crippen LogP contribution in [0, 0.1) is 20.2 Å². The van der Waals surface area contributed by atoms with E-state index >= 15 is 0 Å². The van der Waals surface area contributed by atoms with E-state index in [1.54, 1.807) is 10.8 Å². The minimum absolute atomic E-state index is 0.114. The summed E-state index contributed by atoms with van der Waals surface area (Å²) in [6, 6.07) is 0. The maximum atomic E-state index is 12.1. The van der Waals surface area contributed by atoms with E-state index in [1.807, 2.05) is 4.45 Å². The molecule has 0 saturated carbocycles. The Hall–Kier alpha value is -3.22. The fourth-order valence-corrected chi connectivity index (χ4v) is 19.9. The molecule has 43 heteroatoms. The van der Waals surface area contributed by atoms with Gasteiger partial charge in [0.25, 0.3) is 12.7 Å². The van der Waals surface area contributed by atoms with E-state index in [9.17, 15) is 84.7 Å². The summed E-state index contributed by atoms with van der Waals surface area (Å²) in [7, 11) is -21.3. The molecule has 9 heterocycles. The Morgan fingerprint density at radius 3 is 1.22 bits per heavy atom. The molecule has 0 aromatic carbocycles. The molecule has 9 rings (SSSR count). The Bertz CT molecular complexity index is 2230. The number of amides is 2. The number of nitrogens with zero attached hydrogens (tertiary/aromatic N) is 16. The Morgan fingerprint density at radius 2 is 0.918 bits per heavy atom. The quantitative estimate of drug-likeness (QED) is 0.0929. The van der Waals surface area contributed by atoms with Crippen molar-refractivity contribution >= 4 is 73.5 Å². The van der Waals surface area contributed by atoms with E-state index < -0.39 is 60.2 Å². The van der Waals surface area contributed by atoms with Crippen LogP contribution in [0.1, 0.15) is 51.4 Å². The van der Waals surface area contributed by atoms with E-state index in [2.05, 4.69) is 71.8 Å². The van der Waals surface area contributed by atoms with Crippen LogP contribution in [0.2, 0.25) is 0 Å². The van der Waals surface area contributed by atoms with Gasteiger partial charge in [0.1, 0.15) is 13.2 Å². The van der Waals surface area contributed by atoms with Crippen LogP contribution in [-0.2, 0) is 14.0 Å². The van der Waals surface area contributed by atoms with Crippen molar-refractivity contribution in [2.75, 3.05) is 106 Å². The van der Waals surface area contributed by atoms with Gasteiger partial charge >= 0.3 is 113 Å². The summed E-state index contributed by atoms with van der Waals surface area (Å²) in [6.45, 7) is 6.96. The molecule has 7 fully saturated rings. The topological polar surface area (TPSA) is 243 Å². The first-order valence-corrected chi connectivity index (χ1v) is 31.7. The zero-order valence-electron chi connectivity index (χ0n) is 38.7. The third kappa shape index (κ3) is 16.6. The van der Waals surface area contributed by atoms with Crippen LogP contribution in [0.4, 0.5) is 71.8 Å². The van der Waals surface area contributed by atoms with Gasteiger partial charge in [0.2, 0.25) is 0 Å². The summed E-state index contributed by atoms with van der Waals surface area (Å²) in [4.78, 5) is 51.1. The van der Waals surface area contributed by atoms with Gasteiger partial charge in [-0.25, -0.2) is 18.9 Å². The second-order valence-corrected chi connectivity index (χ2v) is 30.4. The summed E-state index contributed by atoms with van der Waals surface area (Å²) >= 11 is 5.74. The summed E-state index contributed by atoms with van der Waals surface area (Å²) in [5.74, 6) is -0.603. The number of hydrogen-bond acceptors (Lipinski definition) is 19. The van der Waals surface area contributed by atoms with Crippen molar-refractivity contribution in [2.24, 2.45) is 0 Å². The van der Waals surface area contributed by atoms with E-state index in [4.69, 9.17) is 11.2 Å². The van der Waals surface area contributed by atoms with Gasteiger partial charge in [0, 0.05) is 75.4 Å². The number of ether oxygens (including phenoxy) is 2. The number of aromatic nitrogens is 6. The molecule has 2 amide bonds. The third-order valence-electron chi connectivity index (χ3n) is 11.4. The van der Waals surface area contributed by atoms with Crippen molar-refractivity contribution in [1.29, 1.82) is 0 Å². The van der Waals surface area contributed by atoms with Gasteiger partial charge in [-0.3, -0.25) is 4.57 Å². The van der Waals surface area contributed by atoms with E-state index in [-0.39, 0.29) is 38.2 Å². The van der Waals surface area contributed by atoms with Crippen LogP contribution in [0.25, 0.3) is 0 Å².